The predicted molar refractivity (Wildman–Crippen MR) is 96.2 cm³/mol. The number of benzene rings is 1. The number of anilines is 1. The number of aliphatic hydroxyl groups is 1. The minimum Gasteiger partial charge on any atom is -0.385 e. The van der Waals surface area contributed by atoms with Gasteiger partial charge >= 0.3 is 6.18 Å². The average Bonchev–Trinajstić information content (AvgIpc) is 3.39. The van der Waals surface area contributed by atoms with Crippen molar-refractivity contribution in [2.24, 2.45) is 0 Å². The number of carbonyl (C=O) groups excluding carboxylic acids is 1. The highest BCUT2D eigenvalue weighted by atomic mass is 19.4. The third-order valence-electron chi connectivity index (χ3n) is 4.74. The van der Waals surface area contributed by atoms with E-state index in [-0.39, 0.29) is 11.5 Å². The fraction of sp³-hybridized carbons (Fsp3) is 0.421. The first-order valence-corrected chi connectivity index (χ1v) is 9.03. The molecule has 0 unspecified atom stereocenters. The van der Waals surface area contributed by atoms with Gasteiger partial charge in [-0.1, -0.05) is 6.07 Å². The lowest BCUT2D eigenvalue weighted by atomic mass is 9.91. The molecule has 1 aliphatic carbocycles. The van der Waals surface area contributed by atoms with Gasteiger partial charge in [0, 0.05) is 17.8 Å². The molecule has 2 aromatic rings. The van der Waals surface area contributed by atoms with Crippen LogP contribution in [0, 0.1) is 11.6 Å². The van der Waals surface area contributed by atoms with Gasteiger partial charge in [0.15, 0.2) is 0 Å². The molecule has 1 atom stereocenters. The zero-order valence-corrected chi connectivity index (χ0v) is 15.9. The second-order valence-corrected chi connectivity index (χ2v) is 7.44. The Morgan fingerprint density at radius 3 is 2.53 bits per heavy atom. The molecule has 0 saturated heterocycles. The van der Waals surface area contributed by atoms with Crippen molar-refractivity contribution in [1.29, 1.82) is 0 Å². The van der Waals surface area contributed by atoms with Gasteiger partial charge in [-0.25, -0.2) is 18.7 Å². The Labute approximate surface area is 168 Å². The zero-order valence-electron chi connectivity index (χ0n) is 15.9. The standard InChI is InChI=1S/C19H19F5N4O2/c1-17(30,12-3-2-11(20)8-13(12)21)9-15(29)28-18(5-6-18)14-4-7-25-16(27-14)26-10-19(22,23)24/h2-4,7-8,30H,5-6,9-10H2,1H3,(H,28,29)(H,25,26,27)/t17-/m1/s1. The van der Waals surface area contributed by atoms with Crippen LogP contribution in [0.25, 0.3) is 0 Å². The molecule has 0 bridgehead atoms. The van der Waals surface area contributed by atoms with Crippen LogP contribution in [0.5, 0.6) is 0 Å². The summed E-state index contributed by atoms with van der Waals surface area (Å²) in [5.74, 6) is -2.65. The third kappa shape index (κ3) is 5.21. The summed E-state index contributed by atoms with van der Waals surface area (Å²) in [4.78, 5) is 20.3. The van der Waals surface area contributed by atoms with Gasteiger partial charge < -0.3 is 15.7 Å². The number of amides is 1. The Bertz CT molecular complexity index is 945. The molecule has 6 nitrogen and oxygen atoms in total. The molecule has 1 fully saturated rings. The first-order valence-electron chi connectivity index (χ1n) is 9.03. The summed E-state index contributed by atoms with van der Waals surface area (Å²) in [6, 6.07) is 4.13. The Morgan fingerprint density at radius 2 is 1.93 bits per heavy atom. The van der Waals surface area contributed by atoms with Crippen LogP contribution in [0.2, 0.25) is 0 Å². The fourth-order valence-electron chi connectivity index (χ4n) is 3.11. The number of nitrogens with one attached hydrogen (secondary N) is 2. The summed E-state index contributed by atoms with van der Waals surface area (Å²) < 4.78 is 64.2. The highest BCUT2D eigenvalue weighted by molar-refractivity contribution is 5.78. The van der Waals surface area contributed by atoms with Crippen molar-refractivity contribution in [3.05, 3.63) is 53.4 Å². The molecule has 1 saturated carbocycles. The van der Waals surface area contributed by atoms with Gasteiger partial charge in [-0.2, -0.15) is 13.2 Å². The molecule has 1 heterocycles. The molecular formula is C19H19F5N4O2. The van der Waals surface area contributed by atoms with Gasteiger partial charge in [0.25, 0.3) is 0 Å². The highest BCUT2D eigenvalue weighted by Gasteiger charge is 2.48. The first-order chi connectivity index (χ1) is 13.9. The fourth-order valence-corrected chi connectivity index (χ4v) is 3.11. The quantitative estimate of drug-likeness (QED) is 0.588. The number of carbonyl (C=O) groups is 1. The number of halogens is 5. The molecule has 11 heteroatoms. The number of alkyl halides is 3. The van der Waals surface area contributed by atoms with Crippen LogP contribution in [0.4, 0.5) is 27.9 Å². The van der Waals surface area contributed by atoms with Crippen LogP contribution in [0.3, 0.4) is 0 Å². The number of aromatic nitrogens is 2. The first kappa shape index (κ1) is 21.9. The van der Waals surface area contributed by atoms with Gasteiger partial charge in [0.05, 0.1) is 23.3 Å². The van der Waals surface area contributed by atoms with Crippen molar-refractivity contribution in [3.8, 4) is 0 Å². The van der Waals surface area contributed by atoms with Crippen molar-refractivity contribution in [1.82, 2.24) is 15.3 Å². The Kier molecular flexibility index (Phi) is 5.68. The molecule has 1 amide bonds. The van der Waals surface area contributed by atoms with Crippen molar-refractivity contribution in [2.75, 3.05) is 11.9 Å². The summed E-state index contributed by atoms with van der Waals surface area (Å²) in [7, 11) is 0. The van der Waals surface area contributed by atoms with E-state index in [9.17, 15) is 31.9 Å². The molecule has 1 aromatic carbocycles. The molecule has 1 aliphatic rings. The van der Waals surface area contributed by atoms with Crippen molar-refractivity contribution < 1.29 is 31.9 Å². The lowest BCUT2D eigenvalue weighted by Crippen LogP contribution is -2.40. The minimum atomic E-state index is -4.44. The molecule has 162 valence electrons. The van der Waals surface area contributed by atoms with Crippen LogP contribution in [-0.2, 0) is 15.9 Å². The Morgan fingerprint density at radius 1 is 1.23 bits per heavy atom. The normalized spacial score (nSPS) is 17.2. The second-order valence-electron chi connectivity index (χ2n) is 7.44. The van der Waals surface area contributed by atoms with E-state index in [1.54, 1.807) is 0 Å². The summed E-state index contributed by atoms with van der Waals surface area (Å²) in [5.41, 5.74) is -2.71. The van der Waals surface area contributed by atoms with E-state index in [0.717, 1.165) is 12.1 Å². The monoisotopic (exact) mass is 430 g/mol. The number of hydrogen-bond donors (Lipinski definition) is 3. The van der Waals surface area contributed by atoms with Crippen molar-refractivity contribution in [3.63, 3.8) is 0 Å². The molecule has 0 aliphatic heterocycles. The van der Waals surface area contributed by atoms with E-state index in [1.165, 1.54) is 19.2 Å². The maximum absolute atomic E-state index is 14.0. The van der Waals surface area contributed by atoms with Crippen LogP contribution in [0.1, 0.15) is 37.4 Å². The number of rotatable bonds is 7. The Balaban J connectivity index is 1.69. The SMILES string of the molecule is C[C@@](O)(CC(=O)NC1(c2ccnc(NCC(F)(F)F)n2)CC1)c1ccc(F)cc1F. The molecule has 3 rings (SSSR count). The third-order valence-corrected chi connectivity index (χ3v) is 4.74. The van der Waals surface area contributed by atoms with Crippen LogP contribution < -0.4 is 10.6 Å². The number of nitrogens with zero attached hydrogens (tertiary/aromatic N) is 2. The number of hydrogen-bond acceptors (Lipinski definition) is 5. The summed E-state index contributed by atoms with van der Waals surface area (Å²) in [5, 5.41) is 15.3. The second kappa shape index (κ2) is 7.78. The van der Waals surface area contributed by atoms with Gasteiger partial charge in [-0.05, 0) is 31.9 Å². The smallest absolute Gasteiger partial charge is 0.385 e. The van der Waals surface area contributed by atoms with Gasteiger partial charge in [0.2, 0.25) is 11.9 Å². The van der Waals surface area contributed by atoms with Crippen LogP contribution >= 0.6 is 0 Å². The van der Waals surface area contributed by atoms with Crippen molar-refractivity contribution >= 4 is 11.9 Å². The highest BCUT2D eigenvalue weighted by Crippen LogP contribution is 2.45. The maximum atomic E-state index is 14.0. The van der Waals surface area contributed by atoms with Crippen LogP contribution in [0.15, 0.2) is 30.5 Å². The Hall–Kier alpha value is -2.82. The van der Waals surface area contributed by atoms with Gasteiger partial charge in [-0.15, -0.1) is 0 Å². The van der Waals surface area contributed by atoms with Gasteiger partial charge in [0.1, 0.15) is 18.2 Å². The van der Waals surface area contributed by atoms with Crippen molar-refractivity contribution in [2.45, 2.75) is 43.5 Å². The summed E-state index contributed by atoms with van der Waals surface area (Å²) in [6.07, 6.45) is -2.70. The van der Waals surface area contributed by atoms with E-state index >= 15 is 0 Å². The van der Waals surface area contributed by atoms with E-state index in [2.05, 4.69) is 20.6 Å². The average molecular weight is 430 g/mol. The van der Waals surface area contributed by atoms with E-state index in [1.807, 2.05) is 0 Å². The molecule has 1 aromatic heterocycles. The molecule has 3 N–H and O–H groups in total. The topological polar surface area (TPSA) is 87.1 Å². The predicted octanol–water partition coefficient (Wildman–Crippen LogP) is 3.13. The summed E-state index contributed by atoms with van der Waals surface area (Å²) >= 11 is 0. The molecular weight excluding hydrogens is 411 g/mol. The lowest BCUT2D eigenvalue weighted by Gasteiger charge is -2.25. The van der Waals surface area contributed by atoms with E-state index in [4.69, 9.17) is 0 Å². The maximum Gasteiger partial charge on any atom is 0.405 e. The largest absolute Gasteiger partial charge is 0.405 e. The molecule has 30 heavy (non-hydrogen) atoms. The molecule has 0 radical (unpaired) electrons. The van der Waals surface area contributed by atoms with E-state index < -0.39 is 47.8 Å². The minimum absolute atomic E-state index is 0.231. The van der Waals surface area contributed by atoms with E-state index in [0.29, 0.717) is 24.6 Å². The lowest BCUT2D eigenvalue weighted by molar-refractivity contribution is -0.127. The summed E-state index contributed by atoms with van der Waals surface area (Å²) in [6.45, 7) is -0.0752. The molecule has 0 spiro atoms. The van der Waals surface area contributed by atoms with Crippen LogP contribution in [-0.4, -0.2) is 33.7 Å². The zero-order chi connectivity index (χ0) is 22.2. The van der Waals surface area contributed by atoms with Gasteiger partial charge in [-0.3, -0.25) is 4.79 Å².